The van der Waals surface area contributed by atoms with Crippen molar-refractivity contribution in [2.45, 2.75) is 6.42 Å². The molecule has 0 atom stereocenters. The van der Waals surface area contributed by atoms with Gasteiger partial charge in [-0.15, -0.1) is 0 Å². The molecule has 0 saturated heterocycles. The minimum Gasteiger partial charge on any atom is -0.478 e. The van der Waals surface area contributed by atoms with Crippen LogP contribution in [0.25, 0.3) is 5.57 Å². The maximum atomic E-state index is 13.8. The zero-order valence-corrected chi connectivity index (χ0v) is 9.91. The van der Waals surface area contributed by atoms with Crippen LogP contribution in [0, 0.1) is 11.6 Å². The predicted molar refractivity (Wildman–Crippen MR) is 63.4 cm³/mol. The molecule has 0 fully saturated rings. The highest BCUT2D eigenvalue weighted by molar-refractivity contribution is 5.88. The van der Waals surface area contributed by atoms with E-state index in [1.54, 1.807) is 0 Å². The fraction of sp³-hybridized carbons (Fsp3) is 0.308. The molecule has 0 aromatic heterocycles. The normalized spacial score (nSPS) is 16.5. The van der Waals surface area contributed by atoms with Crippen molar-refractivity contribution in [2.75, 3.05) is 20.1 Å². The Bertz CT molecular complexity index is 526. The summed E-state index contributed by atoms with van der Waals surface area (Å²) in [6.45, 7) is 1.45. The minimum atomic E-state index is -1.46. The van der Waals surface area contributed by atoms with Crippen molar-refractivity contribution in [3.63, 3.8) is 0 Å². The molecule has 0 spiro atoms. The first-order chi connectivity index (χ1) is 8.49. The van der Waals surface area contributed by atoms with Crippen LogP contribution in [0.5, 0.6) is 0 Å². The quantitative estimate of drug-likeness (QED) is 0.879. The van der Waals surface area contributed by atoms with Crippen molar-refractivity contribution >= 4 is 11.5 Å². The molecule has 0 amide bonds. The number of benzene rings is 1. The Morgan fingerprint density at radius 1 is 1.33 bits per heavy atom. The van der Waals surface area contributed by atoms with Gasteiger partial charge in [-0.3, -0.25) is 0 Å². The summed E-state index contributed by atoms with van der Waals surface area (Å²) in [5, 5.41) is 8.70. The standard InChI is InChI=1S/C13H13F2NO2/c1-16-4-2-8(3-5-16)9-6-12(15)10(13(17)18)7-11(9)14/h2,6-7H,3-5H2,1H3,(H,17,18). The number of halogens is 2. The van der Waals surface area contributed by atoms with Gasteiger partial charge < -0.3 is 10.0 Å². The Morgan fingerprint density at radius 2 is 2.06 bits per heavy atom. The van der Waals surface area contributed by atoms with Gasteiger partial charge in [0.15, 0.2) is 0 Å². The molecule has 96 valence electrons. The first-order valence-electron chi connectivity index (χ1n) is 5.59. The third-order valence-electron chi connectivity index (χ3n) is 3.05. The summed E-state index contributed by atoms with van der Waals surface area (Å²) in [7, 11) is 1.94. The summed E-state index contributed by atoms with van der Waals surface area (Å²) < 4.78 is 27.3. The van der Waals surface area contributed by atoms with Crippen molar-refractivity contribution in [1.82, 2.24) is 4.90 Å². The van der Waals surface area contributed by atoms with Crippen molar-refractivity contribution in [2.24, 2.45) is 0 Å². The number of nitrogens with zero attached hydrogens (tertiary/aromatic N) is 1. The number of carboxylic acid groups (broad SMARTS) is 1. The lowest BCUT2D eigenvalue weighted by atomic mass is 9.97. The Balaban J connectivity index is 2.41. The molecule has 0 bridgehead atoms. The molecule has 2 rings (SSSR count). The first kappa shape index (κ1) is 12.7. The van der Waals surface area contributed by atoms with Crippen LogP contribution < -0.4 is 0 Å². The SMILES string of the molecule is CN1CC=C(c2cc(F)c(C(=O)O)cc2F)CC1. The van der Waals surface area contributed by atoms with Gasteiger partial charge in [0.2, 0.25) is 0 Å². The molecule has 0 aliphatic carbocycles. The number of rotatable bonds is 2. The number of hydrogen-bond donors (Lipinski definition) is 1. The van der Waals surface area contributed by atoms with Crippen LogP contribution in [0.1, 0.15) is 22.3 Å². The summed E-state index contributed by atoms with van der Waals surface area (Å²) in [6, 6.07) is 1.71. The smallest absolute Gasteiger partial charge is 0.338 e. The highest BCUT2D eigenvalue weighted by Crippen LogP contribution is 2.26. The predicted octanol–water partition coefficient (Wildman–Crippen LogP) is 2.38. The average molecular weight is 253 g/mol. The van der Waals surface area contributed by atoms with Crippen LogP contribution in [-0.4, -0.2) is 36.1 Å². The maximum absolute atomic E-state index is 13.8. The van der Waals surface area contributed by atoms with Gasteiger partial charge in [0.05, 0.1) is 5.56 Å². The van der Waals surface area contributed by atoms with Crippen LogP contribution in [-0.2, 0) is 0 Å². The van der Waals surface area contributed by atoms with E-state index in [-0.39, 0.29) is 5.56 Å². The highest BCUT2D eigenvalue weighted by Gasteiger charge is 2.18. The second-order valence-electron chi connectivity index (χ2n) is 4.36. The van der Waals surface area contributed by atoms with Crippen molar-refractivity contribution in [3.05, 3.63) is 41.0 Å². The molecule has 0 unspecified atom stereocenters. The number of likely N-dealkylation sites (N-methyl/N-ethyl adjacent to an activating group) is 1. The zero-order chi connectivity index (χ0) is 13.3. The minimum absolute atomic E-state index is 0.158. The largest absolute Gasteiger partial charge is 0.478 e. The average Bonchev–Trinajstić information content (AvgIpc) is 2.32. The monoisotopic (exact) mass is 253 g/mol. The fourth-order valence-electron chi connectivity index (χ4n) is 1.97. The van der Waals surface area contributed by atoms with Gasteiger partial charge in [0, 0.05) is 18.7 Å². The highest BCUT2D eigenvalue weighted by atomic mass is 19.1. The summed E-state index contributed by atoms with van der Waals surface area (Å²) in [4.78, 5) is 12.7. The third kappa shape index (κ3) is 2.41. The lowest BCUT2D eigenvalue weighted by Gasteiger charge is -2.22. The van der Waals surface area contributed by atoms with Gasteiger partial charge in [-0.1, -0.05) is 6.08 Å². The molecular weight excluding hydrogens is 240 g/mol. The Labute approximate surface area is 103 Å². The summed E-state index contributed by atoms with van der Waals surface area (Å²) >= 11 is 0. The van der Waals surface area contributed by atoms with Crippen LogP contribution in [0.15, 0.2) is 18.2 Å². The van der Waals surface area contributed by atoms with E-state index in [2.05, 4.69) is 4.90 Å². The maximum Gasteiger partial charge on any atom is 0.338 e. The van der Waals surface area contributed by atoms with Crippen molar-refractivity contribution in [3.8, 4) is 0 Å². The van der Waals surface area contributed by atoms with E-state index in [4.69, 9.17) is 5.11 Å². The summed E-state index contributed by atoms with van der Waals surface area (Å²) in [6.07, 6.45) is 2.46. The second kappa shape index (κ2) is 4.86. The molecule has 1 aliphatic rings. The molecule has 1 N–H and O–H groups in total. The molecule has 1 aromatic carbocycles. The Hall–Kier alpha value is -1.75. The van der Waals surface area contributed by atoms with Crippen LogP contribution in [0.4, 0.5) is 8.78 Å². The molecule has 18 heavy (non-hydrogen) atoms. The van der Waals surface area contributed by atoms with E-state index >= 15 is 0 Å². The van der Waals surface area contributed by atoms with E-state index in [1.807, 2.05) is 13.1 Å². The molecule has 1 aliphatic heterocycles. The Morgan fingerprint density at radius 3 is 2.61 bits per heavy atom. The molecule has 3 nitrogen and oxygen atoms in total. The van der Waals surface area contributed by atoms with Gasteiger partial charge >= 0.3 is 5.97 Å². The number of aromatic carboxylic acids is 1. The molecule has 0 radical (unpaired) electrons. The second-order valence-corrected chi connectivity index (χ2v) is 4.36. The molecule has 0 saturated carbocycles. The van der Waals surface area contributed by atoms with Crippen LogP contribution in [0.2, 0.25) is 0 Å². The van der Waals surface area contributed by atoms with Gasteiger partial charge in [0.25, 0.3) is 0 Å². The van der Waals surface area contributed by atoms with Crippen molar-refractivity contribution in [1.29, 1.82) is 0 Å². The van der Waals surface area contributed by atoms with Crippen molar-refractivity contribution < 1.29 is 18.7 Å². The van der Waals surface area contributed by atoms with Gasteiger partial charge in [-0.05, 0) is 31.2 Å². The van der Waals surface area contributed by atoms with Gasteiger partial charge in [-0.2, -0.15) is 0 Å². The molecule has 1 heterocycles. The van der Waals surface area contributed by atoms with Crippen LogP contribution in [0.3, 0.4) is 0 Å². The van der Waals surface area contributed by atoms with Gasteiger partial charge in [-0.25, -0.2) is 13.6 Å². The molecule has 5 heteroatoms. The fourth-order valence-corrected chi connectivity index (χ4v) is 1.97. The topological polar surface area (TPSA) is 40.5 Å². The number of hydrogen-bond acceptors (Lipinski definition) is 2. The number of carbonyl (C=O) groups is 1. The van der Waals surface area contributed by atoms with E-state index in [0.717, 1.165) is 24.3 Å². The van der Waals surface area contributed by atoms with E-state index in [0.29, 0.717) is 13.0 Å². The van der Waals surface area contributed by atoms with E-state index < -0.39 is 23.2 Å². The lowest BCUT2D eigenvalue weighted by molar-refractivity contribution is 0.0691. The lowest BCUT2D eigenvalue weighted by Crippen LogP contribution is -2.24. The first-order valence-corrected chi connectivity index (χ1v) is 5.59. The zero-order valence-electron chi connectivity index (χ0n) is 9.91. The van der Waals surface area contributed by atoms with E-state index in [1.165, 1.54) is 0 Å². The third-order valence-corrected chi connectivity index (χ3v) is 3.05. The van der Waals surface area contributed by atoms with Crippen LogP contribution >= 0.6 is 0 Å². The Kier molecular flexibility index (Phi) is 3.43. The van der Waals surface area contributed by atoms with Gasteiger partial charge in [0.1, 0.15) is 11.6 Å². The summed E-state index contributed by atoms with van der Waals surface area (Å²) in [5.41, 5.74) is 0.247. The number of carboxylic acids is 1. The summed E-state index contributed by atoms with van der Waals surface area (Å²) in [5.74, 6) is -3.06. The molecule has 1 aromatic rings. The van der Waals surface area contributed by atoms with E-state index in [9.17, 15) is 13.6 Å². The molecular formula is C13H13F2NO2.